The summed E-state index contributed by atoms with van der Waals surface area (Å²) in [5.41, 5.74) is 0.422. The molecule has 0 aliphatic carbocycles. The molecular formula is C12H16N4O2S2. The molecule has 0 fully saturated rings. The second-order valence-electron chi connectivity index (χ2n) is 4.59. The third kappa shape index (κ3) is 4.04. The first-order valence-corrected chi connectivity index (χ1v) is 8.28. The molecule has 0 radical (unpaired) electrons. The third-order valence-electron chi connectivity index (χ3n) is 2.39. The van der Waals surface area contributed by atoms with Crippen molar-refractivity contribution < 1.29 is 9.32 Å². The number of carbonyl (C=O) groups is 1. The zero-order chi connectivity index (χ0) is 14.5. The lowest BCUT2D eigenvalue weighted by atomic mass is 10.1. The normalized spacial score (nSPS) is 11.0. The predicted molar refractivity (Wildman–Crippen MR) is 77.9 cm³/mol. The van der Waals surface area contributed by atoms with E-state index < -0.39 is 0 Å². The number of nitrogens with one attached hydrogen (secondary N) is 1. The molecule has 0 spiro atoms. The van der Waals surface area contributed by atoms with Crippen molar-refractivity contribution in [2.24, 2.45) is 5.92 Å². The Hall–Kier alpha value is -1.41. The van der Waals surface area contributed by atoms with Crippen LogP contribution in [0.5, 0.6) is 0 Å². The fraction of sp³-hybridized carbons (Fsp3) is 0.500. The summed E-state index contributed by atoms with van der Waals surface area (Å²) in [6.07, 6.45) is 2.67. The molecule has 2 aromatic heterocycles. The van der Waals surface area contributed by atoms with Crippen molar-refractivity contribution in [2.45, 2.75) is 31.2 Å². The molecule has 8 heteroatoms. The van der Waals surface area contributed by atoms with Gasteiger partial charge in [-0.05, 0) is 12.2 Å². The van der Waals surface area contributed by atoms with Crippen LogP contribution in [-0.4, -0.2) is 27.3 Å². The van der Waals surface area contributed by atoms with E-state index in [1.165, 1.54) is 23.1 Å². The second-order valence-corrected chi connectivity index (χ2v) is 6.50. The van der Waals surface area contributed by atoms with Gasteiger partial charge in [0.1, 0.15) is 10.0 Å². The van der Waals surface area contributed by atoms with Gasteiger partial charge in [-0.1, -0.05) is 30.8 Å². The highest BCUT2D eigenvalue weighted by molar-refractivity contribution is 8.00. The average Bonchev–Trinajstić information content (AvgIpc) is 3.04. The Morgan fingerprint density at radius 3 is 2.95 bits per heavy atom. The number of amides is 1. The van der Waals surface area contributed by atoms with Crippen LogP contribution >= 0.6 is 23.1 Å². The van der Waals surface area contributed by atoms with Crippen LogP contribution in [0.1, 0.15) is 36.1 Å². The minimum Gasteiger partial charge on any atom is -0.343 e. The van der Waals surface area contributed by atoms with E-state index in [0.717, 1.165) is 10.8 Å². The Morgan fingerprint density at radius 1 is 1.50 bits per heavy atom. The number of carbonyl (C=O) groups excluding carboxylic acids is 1. The third-order valence-corrected chi connectivity index (χ3v) is 4.25. The molecule has 0 saturated heterocycles. The zero-order valence-electron chi connectivity index (χ0n) is 11.5. The SMILES string of the molecule is CSc1nc(C(=O)NCc2noc(CC(C)C)n2)cs1. The molecule has 0 unspecified atom stereocenters. The van der Waals surface area contributed by atoms with Crippen molar-refractivity contribution in [3.8, 4) is 0 Å². The van der Waals surface area contributed by atoms with E-state index in [1.807, 2.05) is 6.26 Å². The molecule has 2 aromatic rings. The number of hydrogen-bond acceptors (Lipinski definition) is 7. The molecule has 0 aliphatic heterocycles. The zero-order valence-corrected chi connectivity index (χ0v) is 13.2. The summed E-state index contributed by atoms with van der Waals surface area (Å²) in [6, 6.07) is 0. The maximum absolute atomic E-state index is 11.9. The molecule has 1 amide bonds. The first-order valence-electron chi connectivity index (χ1n) is 6.17. The summed E-state index contributed by atoms with van der Waals surface area (Å²) in [5, 5.41) is 8.30. The van der Waals surface area contributed by atoms with E-state index in [4.69, 9.17) is 4.52 Å². The lowest BCUT2D eigenvalue weighted by Gasteiger charge is -1.98. The van der Waals surface area contributed by atoms with Crippen LogP contribution in [0.2, 0.25) is 0 Å². The van der Waals surface area contributed by atoms with Gasteiger partial charge in [0, 0.05) is 11.8 Å². The number of thiazole rings is 1. The molecule has 0 aliphatic rings. The number of rotatable bonds is 6. The lowest BCUT2D eigenvalue weighted by Crippen LogP contribution is -2.23. The van der Waals surface area contributed by atoms with Crippen molar-refractivity contribution in [1.82, 2.24) is 20.4 Å². The molecule has 0 bridgehead atoms. The number of thioether (sulfide) groups is 1. The van der Waals surface area contributed by atoms with Gasteiger partial charge in [-0.15, -0.1) is 11.3 Å². The summed E-state index contributed by atoms with van der Waals surface area (Å²) in [4.78, 5) is 20.3. The average molecular weight is 312 g/mol. The van der Waals surface area contributed by atoms with Crippen LogP contribution < -0.4 is 5.32 Å². The van der Waals surface area contributed by atoms with E-state index in [2.05, 4.69) is 34.3 Å². The van der Waals surface area contributed by atoms with Gasteiger partial charge in [0.2, 0.25) is 5.89 Å². The second kappa shape index (κ2) is 6.85. The topological polar surface area (TPSA) is 80.9 Å². The van der Waals surface area contributed by atoms with Crippen molar-refractivity contribution in [3.05, 3.63) is 22.8 Å². The Labute approximate surface area is 125 Å². The van der Waals surface area contributed by atoms with E-state index in [9.17, 15) is 4.79 Å². The standard InChI is InChI=1S/C12H16N4O2S2/c1-7(2)4-10-15-9(16-18-10)5-13-11(17)8-6-20-12(14-8)19-3/h6-7H,4-5H2,1-3H3,(H,13,17). The van der Waals surface area contributed by atoms with Gasteiger partial charge in [0.25, 0.3) is 5.91 Å². The van der Waals surface area contributed by atoms with E-state index >= 15 is 0 Å². The molecule has 0 aromatic carbocycles. The predicted octanol–water partition coefficient (Wildman–Crippen LogP) is 2.38. The molecule has 20 heavy (non-hydrogen) atoms. The Kier molecular flexibility index (Phi) is 5.13. The highest BCUT2D eigenvalue weighted by Crippen LogP contribution is 2.19. The van der Waals surface area contributed by atoms with Gasteiger partial charge in [0.15, 0.2) is 5.82 Å². The van der Waals surface area contributed by atoms with Crippen LogP contribution in [0.3, 0.4) is 0 Å². The van der Waals surface area contributed by atoms with E-state index in [-0.39, 0.29) is 12.5 Å². The molecule has 2 heterocycles. The van der Waals surface area contributed by atoms with Gasteiger partial charge in [-0.2, -0.15) is 4.98 Å². The summed E-state index contributed by atoms with van der Waals surface area (Å²) < 4.78 is 5.98. The highest BCUT2D eigenvalue weighted by atomic mass is 32.2. The molecule has 0 saturated carbocycles. The van der Waals surface area contributed by atoms with Crippen LogP contribution in [0, 0.1) is 5.92 Å². The van der Waals surface area contributed by atoms with Gasteiger partial charge in [0.05, 0.1) is 6.54 Å². The fourth-order valence-corrected chi connectivity index (χ4v) is 2.74. The smallest absolute Gasteiger partial charge is 0.271 e. The minimum atomic E-state index is -0.225. The molecular weight excluding hydrogens is 296 g/mol. The van der Waals surface area contributed by atoms with Gasteiger partial charge in [-0.3, -0.25) is 4.79 Å². The molecule has 6 nitrogen and oxygen atoms in total. The van der Waals surface area contributed by atoms with Gasteiger partial charge >= 0.3 is 0 Å². The van der Waals surface area contributed by atoms with Crippen LogP contribution in [0.4, 0.5) is 0 Å². The molecule has 2 rings (SSSR count). The largest absolute Gasteiger partial charge is 0.343 e. The molecule has 108 valence electrons. The van der Waals surface area contributed by atoms with Crippen molar-refractivity contribution in [2.75, 3.05) is 6.26 Å². The first-order chi connectivity index (χ1) is 9.58. The maximum atomic E-state index is 11.9. The summed E-state index contributed by atoms with van der Waals surface area (Å²) in [5.74, 6) is 1.31. The summed E-state index contributed by atoms with van der Waals surface area (Å²) in [7, 11) is 0. The number of aromatic nitrogens is 3. The number of hydrogen-bond donors (Lipinski definition) is 1. The fourth-order valence-electron chi connectivity index (χ4n) is 1.50. The van der Waals surface area contributed by atoms with Gasteiger partial charge in [-0.25, -0.2) is 4.98 Å². The Bertz CT molecular complexity index is 580. The van der Waals surface area contributed by atoms with Crippen LogP contribution in [-0.2, 0) is 13.0 Å². The summed E-state index contributed by atoms with van der Waals surface area (Å²) >= 11 is 2.97. The van der Waals surface area contributed by atoms with Gasteiger partial charge < -0.3 is 9.84 Å². The quantitative estimate of drug-likeness (QED) is 0.825. The molecule has 0 atom stereocenters. The van der Waals surface area contributed by atoms with Crippen molar-refractivity contribution in [1.29, 1.82) is 0 Å². The first kappa shape index (κ1) is 15.0. The highest BCUT2D eigenvalue weighted by Gasteiger charge is 2.12. The monoisotopic (exact) mass is 312 g/mol. The maximum Gasteiger partial charge on any atom is 0.271 e. The number of nitrogens with zero attached hydrogens (tertiary/aromatic N) is 3. The molecule has 1 N–H and O–H groups in total. The van der Waals surface area contributed by atoms with E-state index in [0.29, 0.717) is 23.3 Å². The van der Waals surface area contributed by atoms with Crippen molar-refractivity contribution >= 4 is 29.0 Å². The Morgan fingerprint density at radius 2 is 2.30 bits per heavy atom. The van der Waals surface area contributed by atoms with Crippen LogP contribution in [0.25, 0.3) is 0 Å². The van der Waals surface area contributed by atoms with E-state index in [1.54, 1.807) is 5.38 Å². The lowest BCUT2D eigenvalue weighted by molar-refractivity contribution is 0.0945. The van der Waals surface area contributed by atoms with Crippen LogP contribution in [0.15, 0.2) is 14.2 Å². The minimum absolute atomic E-state index is 0.225. The summed E-state index contributed by atoms with van der Waals surface area (Å²) in [6.45, 7) is 4.40. The van der Waals surface area contributed by atoms with Crippen molar-refractivity contribution in [3.63, 3.8) is 0 Å². The Balaban J connectivity index is 1.88.